The van der Waals surface area contributed by atoms with Crippen LogP contribution in [0.4, 0.5) is 5.69 Å². The molecule has 0 aliphatic carbocycles. The molecule has 0 radical (unpaired) electrons. The van der Waals surface area contributed by atoms with Crippen molar-refractivity contribution in [2.24, 2.45) is 0 Å². The van der Waals surface area contributed by atoms with Crippen molar-refractivity contribution in [2.45, 2.75) is 13.3 Å². The predicted octanol–water partition coefficient (Wildman–Crippen LogP) is 1.14. The average molecular weight is 348 g/mol. The first-order chi connectivity index (χ1) is 11.8. The topological polar surface area (TPSA) is 87.0 Å². The zero-order valence-corrected chi connectivity index (χ0v) is 14.9. The number of nitro benzene ring substituents is 1. The zero-order valence-electron chi connectivity index (χ0n) is 14.9. The number of amides is 2. The Morgan fingerprint density at radius 1 is 1.20 bits per heavy atom. The Balaban J connectivity index is 2.02. The summed E-state index contributed by atoms with van der Waals surface area (Å²) in [4.78, 5) is 40.3. The van der Waals surface area contributed by atoms with Crippen molar-refractivity contribution in [3.63, 3.8) is 0 Å². The van der Waals surface area contributed by atoms with Crippen LogP contribution in [0, 0.1) is 17.0 Å². The summed E-state index contributed by atoms with van der Waals surface area (Å²) < 4.78 is 0. The smallest absolute Gasteiger partial charge is 0.272 e. The van der Waals surface area contributed by atoms with E-state index in [0.29, 0.717) is 37.3 Å². The fraction of sp³-hybridized carbons (Fsp3) is 0.529. The van der Waals surface area contributed by atoms with Crippen LogP contribution in [-0.2, 0) is 4.79 Å². The van der Waals surface area contributed by atoms with Gasteiger partial charge in [0.1, 0.15) is 0 Å². The first-order valence-corrected chi connectivity index (χ1v) is 8.26. The van der Waals surface area contributed by atoms with E-state index < -0.39 is 4.92 Å². The molecule has 1 aliphatic rings. The minimum Gasteiger partial charge on any atom is -0.348 e. The van der Waals surface area contributed by atoms with E-state index in [1.54, 1.807) is 36.9 Å². The fourth-order valence-electron chi connectivity index (χ4n) is 2.84. The van der Waals surface area contributed by atoms with Crippen LogP contribution in [0.15, 0.2) is 18.2 Å². The highest BCUT2D eigenvalue weighted by atomic mass is 16.6. The summed E-state index contributed by atoms with van der Waals surface area (Å²) in [5.74, 6) is -0.0791. The van der Waals surface area contributed by atoms with Gasteiger partial charge in [0.15, 0.2) is 0 Å². The van der Waals surface area contributed by atoms with Crippen LogP contribution in [0.2, 0.25) is 0 Å². The zero-order chi connectivity index (χ0) is 18.6. The lowest BCUT2D eigenvalue weighted by atomic mass is 10.1. The second-order valence-corrected chi connectivity index (χ2v) is 6.47. The largest absolute Gasteiger partial charge is 0.348 e. The molecule has 0 atom stereocenters. The van der Waals surface area contributed by atoms with Crippen LogP contribution in [-0.4, -0.2) is 78.3 Å². The lowest BCUT2D eigenvalue weighted by Gasteiger charge is -2.23. The average Bonchev–Trinajstić information content (AvgIpc) is 2.79. The second-order valence-electron chi connectivity index (χ2n) is 6.47. The van der Waals surface area contributed by atoms with Crippen LogP contribution in [0.1, 0.15) is 22.3 Å². The molecule has 8 nitrogen and oxygen atoms in total. The van der Waals surface area contributed by atoms with Gasteiger partial charge in [0.25, 0.3) is 11.6 Å². The van der Waals surface area contributed by atoms with Crippen LogP contribution in [0.3, 0.4) is 0 Å². The van der Waals surface area contributed by atoms with Gasteiger partial charge in [-0.3, -0.25) is 24.6 Å². The molecule has 1 fully saturated rings. The standard InChI is InChI=1S/C17H24N4O4/c1-13-11-14(5-6-15(13)21(24)25)17(23)20-8-4-7-19(9-10-20)12-16(22)18(2)3/h5-6,11H,4,7-10,12H2,1-3H3. The molecule has 0 unspecified atom stereocenters. The van der Waals surface area contributed by atoms with Crippen LogP contribution in [0.5, 0.6) is 0 Å². The number of carbonyl (C=O) groups excluding carboxylic acids is 2. The van der Waals surface area contributed by atoms with Gasteiger partial charge in [-0.05, 0) is 25.5 Å². The molecular formula is C17H24N4O4. The van der Waals surface area contributed by atoms with E-state index in [9.17, 15) is 19.7 Å². The van der Waals surface area contributed by atoms with Crippen molar-refractivity contribution >= 4 is 17.5 Å². The highest BCUT2D eigenvalue weighted by molar-refractivity contribution is 5.94. The molecule has 0 bridgehead atoms. The maximum atomic E-state index is 12.7. The van der Waals surface area contributed by atoms with Gasteiger partial charge in [0, 0.05) is 57.5 Å². The SMILES string of the molecule is Cc1cc(C(=O)N2CCCN(CC(=O)N(C)C)CC2)ccc1[N+](=O)[O-]. The molecule has 0 spiro atoms. The Kier molecular flexibility index (Phi) is 6.08. The Bertz CT molecular complexity index is 675. The molecule has 136 valence electrons. The number of hydrogen-bond acceptors (Lipinski definition) is 5. The van der Waals surface area contributed by atoms with Gasteiger partial charge in [-0.2, -0.15) is 0 Å². The summed E-state index contributed by atoms with van der Waals surface area (Å²) in [5.41, 5.74) is 0.950. The van der Waals surface area contributed by atoms with Crippen molar-refractivity contribution in [3.05, 3.63) is 39.4 Å². The summed E-state index contributed by atoms with van der Waals surface area (Å²) in [5, 5.41) is 10.9. The number of carbonyl (C=O) groups is 2. The first kappa shape index (κ1) is 18.9. The van der Waals surface area contributed by atoms with E-state index in [1.165, 1.54) is 12.1 Å². The van der Waals surface area contributed by atoms with Crippen molar-refractivity contribution in [3.8, 4) is 0 Å². The molecule has 1 aromatic carbocycles. The van der Waals surface area contributed by atoms with Crippen molar-refractivity contribution in [1.82, 2.24) is 14.7 Å². The molecule has 25 heavy (non-hydrogen) atoms. The van der Waals surface area contributed by atoms with Gasteiger partial charge in [-0.1, -0.05) is 0 Å². The van der Waals surface area contributed by atoms with Gasteiger partial charge in [-0.15, -0.1) is 0 Å². The number of nitrogens with zero attached hydrogens (tertiary/aromatic N) is 4. The molecule has 0 saturated carbocycles. The maximum absolute atomic E-state index is 12.7. The van der Waals surface area contributed by atoms with E-state index in [2.05, 4.69) is 4.90 Å². The van der Waals surface area contributed by atoms with Crippen molar-refractivity contribution in [1.29, 1.82) is 0 Å². The van der Waals surface area contributed by atoms with Gasteiger partial charge in [0.2, 0.25) is 5.91 Å². The quantitative estimate of drug-likeness (QED) is 0.601. The Morgan fingerprint density at radius 3 is 2.52 bits per heavy atom. The third-order valence-corrected chi connectivity index (χ3v) is 4.37. The van der Waals surface area contributed by atoms with Gasteiger partial charge in [-0.25, -0.2) is 0 Å². The molecule has 0 N–H and O–H groups in total. The summed E-state index contributed by atoms with van der Waals surface area (Å²) in [7, 11) is 3.46. The van der Waals surface area contributed by atoms with Gasteiger partial charge < -0.3 is 9.80 Å². The summed E-state index contributed by atoms with van der Waals surface area (Å²) in [6, 6.07) is 4.45. The normalized spacial score (nSPS) is 15.6. The highest BCUT2D eigenvalue weighted by Gasteiger charge is 2.23. The first-order valence-electron chi connectivity index (χ1n) is 8.26. The van der Waals surface area contributed by atoms with E-state index in [0.717, 1.165) is 13.0 Å². The number of nitro groups is 1. The third kappa shape index (κ3) is 4.76. The number of aryl methyl sites for hydroxylation is 1. The number of rotatable bonds is 4. The Morgan fingerprint density at radius 2 is 1.92 bits per heavy atom. The van der Waals surface area contributed by atoms with Gasteiger partial charge >= 0.3 is 0 Å². The summed E-state index contributed by atoms with van der Waals surface area (Å²) in [6.07, 6.45) is 0.790. The lowest BCUT2D eigenvalue weighted by Crippen LogP contribution is -2.39. The number of benzene rings is 1. The molecule has 1 heterocycles. The van der Waals surface area contributed by atoms with E-state index >= 15 is 0 Å². The summed E-state index contributed by atoms with van der Waals surface area (Å²) >= 11 is 0. The number of hydrogen-bond donors (Lipinski definition) is 0. The number of likely N-dealkylation sites (N-methyl/N-ethyl adjacent to an activating group) is 1. The van der Waals surface area contributed by atoms with Crippen LogP contribution < -0.4 is 0 Å². The second kappa shape index (κ2) is 8.06. The molecule has 1 aromatic rings. The van der Waals surface area contributed by atoms with Gasteiger partial charge in [0.05, 0.1) is 11.5 Å². The van der Waals surface area contributed by atoms with E-state index in [-0.39, 0.29) is 17.5 Å². The molecule has 2 rings (SSSR count). The minimum absolute atomic E-state index is 0.0146. The van der Waals surface area contributed by atoms with Crippen molar-refractivity contribution in [2.75, 3.05) is 46.8 Å². The third-order valence-electron chi connectivity index (χ3n) is 4.37. The molecule has 2 amide bonds. The monoisotopic (exact) mass is 348 g/mol. The minimum atomic E-state index is -0.449. The molecule has 1 saturated heterocycles. The Labute approximate surface area is 147 Å². The fourth-order valence-corrected chi connectivity index (χ4v) is 2.84. The Hall–Kier alpha value is -2.48. The summed E-state index contributed by atoms with van der Waals surface area (Å²) in [6.45, 7) is 4.54. The highest BCUT2D eigenvalue weighted by Crippen LogP contribution is 2.20. The lowest BCUT2D eigenvalue weighted by molar-refractivity contribution is -0.385. The molecule has 1 aliphatic heterocycles. The van der Waals surface area contributed by atoms with Crippen LogP contribution >= 0.6 is 0 Å². The van der Waals surface area contributed by atoms with Crippen molar-refractivity contribution < 1.29 is 14.5 Å². The van der Waals surface area contributed by atoms with E-state index in [4.69, 9.17) is 0 Å². The predicted molar refractivity (Wildman–Crippen MR) is 93.5 cm³/mol. The van der Waals surface area contributed by atoms with Crippen LogP contribution in [0.25, 0.3) is 0 Å². The molecule has 0 aromatic heterocycles. The molecular weight excluding hydrogens is 324 g/mol. The molecule has 8 heteroatoms. The van der Waals surface area contributed by atoms with E-state index in [1.807, 2.05) is 0 Å². The maximum Gasteiger partial charge on any atom is 0.272 e.